The van der Waals surface area contributed by atoms with Gasteiger partial charge in [-0.15, -0.1) is 0 Å². The zero-order valence-electron chi connectivity index (χ0n) is 19.5. The molecule has 34 heavy (non-hydrogen) atoms. The summed E-state index contributed by atoms with van der Waals surface area (Å²) < 4.78 is 28.3. The second kappa shape index (κ2) is 11.0. The molecule has 4 aromatic carbocycles. The van der Waals surface area contributed by atoms with E-state index in [0.717, 1.165) is 23.2 Å². The van der Waals surface area contributed by atoms with Crippen molar-refractivity contribution >= 4 is 5.57 Å². The van der Waals surface area contributed by atoms with Crippen molar-refractivity contribution in [1.29, 1.82) is 0 Å². The molecule has 0 saturated carbocycles. The third kappa shape index (κ3) is 5.86. The van der Waals surface area contributed by atoms with E-state index in [2.05, 4.69) is 61.2 Å². The van der Waals surface area contributed by atoms with Crippen molar-refractivity contribution in [3.63, 3.8) is 0 Å². The lowest BCUT2D eigenvalue weighted by Gasteiger charge is -2.34. The maximum Gasteiger partial charge on any atom is 0.123 e. The molecule has 0 aliphatic heterocycles. The van der Waals surface area contributed by atoms with Gasteiger partial charge in [-0.25, -0.2) is 8.78 Å². The molecule has 0 saturated heterocycles. The van der Waals surface area contributed by atoms with Crippen LogP contribution in [0.1, 0.15) is 42.1 Å². The van der Waals surface area contributed by atoms with E-state index in [1.165, 1.54) is 35.4 Å². The summed E-state index contributed by atoms with van der Waals surface area (Å²) in [7, 11) is 0. The summed E-state index contributed by atoms with van der Waals surface area (Å²) >= 11 is 0. The molecule has 0 heterocycles. The molecule has 3 heteroatoms. The number of nitrogens with zero attached hydrogens (tertiary/aromatic N) is 1. The lowest BCUT2D eigenvalue weighted by molar-refractivity contribution is 0.172. The molecule has 0 aliphatic rings. The number of hydrogen-bond acceptors (Lipinski definition) is 1. The predicted octanol–water partition coefficient (Wildman–Crippen LogP) is 8.05. The van der Waals surface area contributed by atoms with Crippen LogP contribution < -0.4 is 0 Å². The topological polar surface area (TPSA) is 3.24 Å². The van der Waals surface area contributed by atoms with Gasteiger partial charge in [0.1, 0.15) is 11.6 Å². The van der Waals surface area contributed by atoms with Crippen molar-refractivity contribution in [2.75, 3.05) is 0 Å². The number of halogens is 2. The Morgan fingerprint density at radius 3 is 1.76 bits per heavy atom. The minimum atomic E-state index is -0.314. The average molecular weight is 454 g/mol. The van der Waals surface area contributed by atoms with E-state index in [9.17, 15) is 8.78 Å². The molecule has 2 unspecified atom stereocenters. The van der Waals surface area contributed by atoms with E-state index >= 15 is 0 Å². The Bertz CT molecular complexity index is 1190. The zero-order chi connectivity index (χ0) is 23.9. The van der Waals surface area contributed by atoms with Gasteiger partial charge in [0.15, 0.2) is 0 Å². The Labute approximate surface area is 201 Å². The molecule has 0 amide bonds. The number of rotatable bonds is 8. The van der Waals surface area contributed by atoms with E-state index < -0.39 is 0 Å². The van der Waals surface area contributed by atoms with E-state index in [1.807, 2.05) is 36.4 Å². The molecule has 0 N–H and O–H groups in total. The van der Waals surface area contributed by atoms with Gasteiger partial charge in [-0.1, -0.05) is 91.0 Å². The van der Waals surface area contributed by atoms with Gasteiger partial charge in [-0.05, 0) is 65.9 Å². The van der Waals surface area contributed by atoms with Crippen LogP contribution in [0.5, 0.6) is 0 Å². The van der Waals surface area contributed by atoms with Gasteiger partial charge in [-0.2, -0.15) is 0 Å². The first-order chi connectivity index (χ1) is 16.5. The fourth-order valence-corrected chi connectivity index (χ4v) is 4.36. The number of hydrogen-bond donors (Lipinski definition) is 0. The standard InChI is InChI=1S/C31H29F2N/c1-23(19-31(27-15-9-17-29(32)20-27)28-16-10-18-30(33)21-28)34(22-25-11-5-3-6-12-25)24(2)26-13-7-4-8-14-26/h3-21,23-24H,22H2,1-2H3. The van der Waals surface area contributed by atoms with E-state index in [4.69, 9.17) is 0 Å². The van der Waals surface area contributed by atoms with Crippen LogP contribution in [0.3, 0.4) is 0 Å². The van der Waals surface area contributed by atoms with Crippen molar-refractivity contribution in [3.05, 3.63) is 149 Å². The van der Waals surface area contributed by atoms with E-state index in [1.54, 1.807) is 12.1 Å². The van der Waals surface area contributed by atoms with Crippen molar-refractivity contribution < 1.29 is 8.78 Å². The monoisotopic (exact) mass is 453 g/mol. The second-order valence-corrected chi connectivity index (χ2v) is 8.59. The molecule has 0 fully saturated rings. The first-order valence-electron chi connectivity index (χ1n) is 11.6. The third-order valence-corrected chi connectivity index (χ3v) is 6.19. The Hall–Kier alpha value is -3.56. The molecule has 0 radical (unpaired) electrons. The third-order valence-electron chi connectivity index (χ3n) is 6.19. The molecule has 4 rings (SSSR count). The van der Waals surface area contributed by atoms with Gasteiger partial charge in [0, 0.05) is 18.6 Å². The Morgan fingerprint density at radius 2 is 1.24 bits per heavy atom. The molecule has 0 aliphatic carbocycles. The van der Waals surface area contributed by atoms with Crippen LogP contribution in [-0.4, -0.2) is 10.9 Å². The summed E-state index contributed by atoms with van der Waals surface area (Å²) in [6.45, 7) is 5.09. The maximum atomic E-state index is 14.1. The van der Waals surface area contributed by atoms with E-state index in [0.29, 0.717) is 0 Å². The summed E-state index contributed by atoms with van der Waals surface area (Å²) in [4.78, 5) is 2.41. The normalized spacial score (nSPS) is 12.9. The van der Waals surface area contributed by atoms with Gasteiger partial charge in [-0.3, -0.25) is 4.90 Å². The first-order valence-corrected chi connectivity index (χ1v) is 11.6. The number of benzene rings is 4. The molecule has 0 bridgehead atoms. The molecular formula is C31H29F2N. The van der Waals surface area contributed by atoms with Crippen LogP contribution in [0, 0.1) is 11.6 Å². The minimum Gasteiger partial charge on any atom is -0.286 e. The van der Waals surface area contributed by atoms with Gasteiger partial charge in [0.2, 0.25) is 0 Å². The van der Waals surface area contributed by atoms with Gasteiger partial charge in [0.25, 0.3) is 0 Å². The molecular weight excluding hydrogens is 424 g/mol. The highest BCUT2D eigenvalue weighted by Crippen LogP contribution is 2.30. The van der Waals surface area contributed by atoms with Crippen molar-refractivity contribution in [1.82, 2.24) is 4.90 Å². The van der Waals surface area contributed by atoms with Crippen molar-refractivity contribution in [2.45, 2.75) is 32.5 Å². The molecule has 0 spiro atoms. The molecule has 1 nitrogen and oxygen atoms in total. The van der Waals surface area contributed by atoms with Crippen LogP contribution in [0.15, 0.2) is 115 Å². The predicted molar refractivity (Wildman–Crippen MR) is 136 cm³/mol. The summed E-state index contributed by atoms with van der Waals surface area (Å²) in [5.74, 6) is -0.627. The van der Waals surface area contributed by atoms with E-state index in [-0.39, 0.29) is 23.7 Å². The summed E-state index contributed by atoms with van der Waals surface area (Å²) in [6.07, 6.45) is 2.12. The van der Waals surface area contributed by atoms with Gasteiger partial charge >= 0.3 is 0 Å². The van der Waals surface area contributed by atoms with Crippen LogP contribution in [0.2, 0.25) is 0 Å². The lowest BCUT2D eigenvalue weighted by Crippen LogP contribution is -2.34. The van der Waals surface area contributed by atoms with Crippen LogP contribution in [-0.2, 0) is 6.54 Å². The Kier molecular flexibility index (Phi) is 7.66. The average Bonchev–Trinajstić information content (AvgIpc) is 2.86. The highest BCUT2D eigenvalue weighted by molar-refractivity contribution is 5.80. The molecule has 4 aromatic rings. The SMILES string of the molecule is CC(C=C(c1cccc(F)c1)c1cccc(F)c1)N(Cc1ccccc1)C(C)c1ccccc1. The maximum absolute atomic E-state index is 14.1. The zero-order valence-corrected chi connectivity index (χ0v) is 19.5. The van der Waals surface area contributed by atoms with Crippen LogP contribution in [0.25, 0.3) is 5.57 Å². The highest BCUT2D eigenvalue weighted by Gasteiger charge is 2.22. The quantitative estimate of drug-likeness (QED) is 0.261. The molecule has 0 aromatic heterocycles. The molecule has 172 valence electrons. The lowest BCUT2D eigenvalue weighted by atomic mass is 9.94. The second-order valence-electron chi connectivity index (χ2n) is 8.59. The Balaban J connectivity index is 1.77. The van der Waals surface area contributed by atoms with Crippen LogP contribution >= 0.6 is 0 Å². The largest absolute Gasteiger partial charge is 0.286 e. The summed E-state index contributed by atoms with van der Waals surface area (Å²) in [5.41, 5.74) is 4.69. The van der Waals surface area contributed by atoms with Crippen molar-refractivity contribution in [2.24, 2.45) is 0 Å². The van der Waals surface area contributed by atoms with Crippen molar-refractivity contribution in [3.8, 4) is 0 Å². The summed E-state index contributed by atoms with van der Waals surface area (Å²) in [6, 6.07) is 33.9. The van der Waals surface area contributed by atoms with Gasteiger partial charge in [0.05, 0.1) is 0 Å². The van der Waals surface area contributed by atoms with Crippen LogP contribution in [0.4, 0.5) is 8.78 Å². The minimum absolute atomic E-state index is 0.0167. The van der Waals surface area contributed by atoms with Gasteiger partial charge < -0.3 is 0 Å². The fraction of sp³-hybridized carbons (Fsp3) is 0.161. The fourth-order valence-electron chi connectivity index (χ4n) is 4.36. The summed E-state index contributed by atoms with van der Waals surface area (Å²) in [5, 5.41) is 0. The highest BCUT2D eigenvalue weighted by atomic mass is 19.1. The Morgan fingerprint density at radius 1 is 0.706 bits per heavy atom. The smallest absolute Gasteiger partial charge is 0.123 e. The first kappa shape index (κ1) is 23.6. The molecule has 2 atom stereocenters.